The molecule has 1 heterocycles. The molecule has 15 heavy (non-hydrogen) atoms. The molecule has 1 aliphatic carbocycles. The molecule has 1 saturated carbocycles. The number of nitrogens with zero attached hydrogens (tertiary/aromatic N) is 1. The molecule has 4 heteroatoms. The third kappa shape index (κ3) is 1.80. The van der Waals surface area contributed by atoms with Gasteiger partial charge in [0.2, 0.25) is 11.8 Å². The number of piperidine rings is 1. The molecule has 4 nitrogen and oxygen atoms in total. The molecule has 2 atom stereocenters. The minimum Gasteiger partial charge on any atom is -0.298 e. The first-order valence-electron chi connectivity index (χ1n) is 5.44. The van der Waals surface area contributed by atoms with Gasteiger partial charge in [-0.15, -0.1) is 0 Å². The van der Waals surface area contributed by atoms with E-state index in [1.807, 2.05) is 0 Å². The summed E-state index contributed by atoms with van der Waals surface area (Å²) in [5.41, 5.74) is 0. The maximum Gasteiger partial charge on any atom is 0.232 e. The first kappa shape index (κ1) is 10.3. The lowest BCUT2D eigenvalue weighted by Crippen LogP contribution is -2.52. The summed E-state index contributed by atoms with van der Waals surface area (Å²) in [6.07, 6.45) is 3.40. The molecule has 2 rings (SSSR count). The van der Waals surface area contributed by atoms with Crippen molar-refractivity contribution in [3.63, 3.8) is 0 Å². The van der Waals surface area contributed by atoms with Crippen molar-refractivity contribution in [2.24, 2.45) is 11.8 Å². The summed E-state index contributed by atoms with van der Waals surface area (Å²) in [5.74, 6) is -0.421. The van der Waals surface area contributed by atoms with Crippen LogP contribution < -0.4 is 0 Å². The molecule has 0 radical (unpaired) electrons. The predicted octanol–water partition coefficient (Wildman–Crippen LogP) is 0.751. The maximum atomic E-state index is 11.8. The molecule has 2 aliphatic rings. The van der Waals surface area contributed by atoms with Crippen molar-refractivity contribution in [2.75, 3.05) is 6.54 Å². The highest BCUT2D eigenvalue weighted by Gasteiger charge is 2.42. The molecule has 2 unspecified atom stereocenters. The average Bonchev–Trinajstić information content (AvgIpc) is 2.22. The van der Waals surface area contributed by atoms with E-state index in [0.29, 0.717) is 6.42 Å². The number of carbonyl (C=O) groups is 3. The Morgan fingerprint density at radius 1 is 1.27 bits per heavy atom. The number of likely N-dealkylation sites (tertiary alicyclic amines) is 1. The lowest BCUT2D eigenvalue weighted by Gasteiger charge is -2.38. The van der Waals surface area contributed by atoms with Crippen molar-refractivity contribution in [2.45, 2.75) is 32.6 Å². The molecule has 2 fully saturated rings. The van der Waals surface area contributed by atoms with Gasteiger partial charge in [0.15, 0.2) is 0 Å². The summed E-state index contributed by atoms with van der Waals surface area (Å²) >= 11 is 0. The lowest BCUT2D eigenvalue weighted by atomic mass is 9.77. The Labute approximate surface area is 88.6 Å². The fourth-order valence-electron chi connectivity index (χ4n) is 2.57. The molecule has 0 spiro atoms. The number of ketones is 1. The summed E-state index contributed by atoms with van der Waals surface area (Å²) < 4.78 is 0. The van der Waals surface area contributed by atoms with Crippen molar-refractivity contribution >= 4 is 17.6 Å². The van der Waals surface area contributed by atoms with Gasteiger partial charge >= 0.3 is 0 Å². The number of amides is 2. The van der Waals surface area contributed by atoms with Crippen LogP contribution in [-0.4, -0.2) is 29.0 Å². The fourth-order valence-corrected chi connectivity index (χ4v) is 2.57. The molecular weight excluding hydrogens is 194 g/mol. The molecule has 0 aromatic heterocycles. The van der Waals surface area contributed by atoms with Crippen LogP contribution in [0.2, 0.25) is 0 Å². The highest BCUT2D eigenvalue weighted by atomic mass is 16.2. The smallest absolute Gasteiger partial charge is 0.232 e. The number of hydrogen-bond acceptors (Lipinski definition) is 3. The second-order valence-corrected chi connectivity index (χ2v) is 4.53. The van der Waals surface area contributed by atoms with Gasteiger partial charge in [0.1, 0.15) is 5.78 Å². The zero-order valence-corrected chi connectivity index (χ0v) is 8.86. The van der Waals surface area contributed by atoms with Gasteiger partial charge in [-0.25, -0.2) is 0 Å². The van der Waals surface area contributed by atoms with Crippen molar-refractivity contribution in [3.8, 4) is 0 Å². The normalized spacial score (nSPS) is 30.6. The van der Waals surface area contributed by atoms with Gasteiger partial charge < -0.3 is 0 Å². The summed E-state index contributed by atoms with van der Waals surface area (Å²) in [6, 6.07) is 0. The molecule has 2 amide bonds. The SMILES string of the molecule is CC(=O)CN1C(=O)C2CCCC(C2)C1=O. The van der Waals surface area contributed by atoms with E-state index in [9.17, 15) is 14.4 Å². The Morgan fingerprint density at radius 3 is 2.27 bits per heavy atom. The summed E-state index contributed by atoms with van der Waals surface area (Å²) in [6.45, 7) is 1.37. The Balaban J connectivity index is 2.18. The Bertz CT molecular complexity index is 302. The highest BCUT2D eigenvalue weighted by molar-refractivity contribution is 6.03. The molecule has 0 aromatic carbocycles. The van der Waals surface area contributed by atoms with Crippen molar-refractivity contribution in [1.82, 2.24) is 4.90 Å². The van der Waals surface area contributed by atoms with E-state index in [-0.39, 0.29) is 36.0 Å². The number of Topliss-reactive ketones (excluding diaryl/α,β-unsaturated/α-hetero) is 1. The van der Waals surface area contributed by atoms with Crippen LogP contribution in [0.25, 0.3) is 0 Å². The Kier molecular flexibility index (Phi) is 2.59. The van der Waals surface area contributed by atoms with Crippen LogP contribution in [0.5, 0.6) is 0 Å². The second kappa shape index (κ2) is 3.76. The van der Waals surface area contributed by atoms with Gasteiger partial charge in [0.25, 0.3) is 0 Å². The maximum absolute atomic E-state index is 11.8. The standard InChI is InChI=1S/C11H15NO3/c1-7(13)6-12-10(14)8-3-2-4-9(5-8)11(12)15/h8-9H,2-6H2,1H3. The van der Waals surface area contributed by atoms with Crippen LogP contribution >= 0.6 is 0 Å². The Hall–Kier alpha value is -1.19. The fraction of sp³-hybridized carbons (Fsp3) is 0.727. The van der Waals surface area contributed by atoms with Gasteiger partial charge in [0.05, 0.1) is 6.54 Å². The van der Waals surface area contributed by atoms with Gasteiger partial charge in [-0.05, 0) is 26.2 Å². The van der Waals surface area contributed by atoms with E-state index in [1.54, 1.807) is 0 Å². The van der Waals surface area contributed by atoms with E-state index >= 15 is 0 Å². The molecule has 82 valence electrons. The van der Waals surface area contributed by atoms with Gasteiger partial charge in [-0.1, -0.05) is 6.42 Å². The number of imide groups is 1. The Morgan fingerprint density at radius 2 is 1.80 bits per heavy atom. The number of fused-ring (bicyclic) bond motifs is 2. The van der Waals surface area contributed by atoms with E-state index < -0.39 is 0 Å². The quantitative estimate of drug-likeness (QED) is 0.631. The molecule has 2 bridgehead atoms. The van der Waals surface area contributed by atoms with E-state index in [2.05, 4.69) is 0 Å². The van der Waals surface area contributed by atoms with E-state index in [0.717, 1.165) is 19.3 Å². The van der Waals surface area contributed by atoms with Crippen LogP contribution in [0.4, 0.5) is 0 Å². The summed E-state index contributed by atoms with van der Waals surface area (Å²) in [5, 5.41) is 0. The van der Waals surface area contributed by atoms with E-state index in [1.165, 1.54) is 11.8 Å². The van der Waals surface area contributed by atoms with Crippen LogP contribution in [-0.2, 0) is 14.4 Å². The van der Waals surface area contributed by atoms with Crippen molar-refractivity contribution in [3.05, 3.63) is 0 Å². The predicted molar refractivity (Wildman–Crippen MR) is 52.8 cm³/mol. The summed E-state index contributed by atoms with van der Waals surface area (Å²) in [7, 11) is 0. The molecular formula is C11H15NO3. The van der Waals surface area contributed by atoms with Crippen molar-refractivity contribution in [1.29, 1.82) is 0 Å². The number of rotatable bonds is 2. The van der Waals surface area contributed by atoms with Crippen LogP contribution in [0.3, 0.4) is 0 Å². The van der Waals surface area contributed by atoms with Crippen LogP contribution in [0.1, 0.15) is 32.6 Å². The lowest BCUT2D eigenvalue weighted by molar-refractivity contribution is -0.159. The van der Waals surface area contributed by atoms with Crippen LogP contribution in [0.15, 0.2) is 0 Å². The van der Waals surface area contributed by atoms with Gasteiger partial charge in [0, 0.05) is 11.8 Å². The minimum atomic E-state index is -0.133. The van der Waals surface area contributed by atoms with Gasteiger partial charge in [-0.3, -0.25) is 19.3 Å². The zero-order valence-electron chi connectivity index (χ0n) is 8.86. The monoisotopic (exact) mass is 209 g/mol. The summed E-state index contributed by atoms with van der Waals surface area (Å²) in [4.78, 5) is 35.8. The molecule has 0 N–H and O–H groups in total. The number of hydrogen-bond donors (Lipinski definition) is 0. The third-order valence-electron chi connectivity index (χ3n) is 3.29. The minimum absolute atomic E-state index is 0.0131. The largest absolute Gasteiger partial charge is 0.298 e. The number of carbonyl (C=O) groups excluding carboxylic acids is 3. The highest BCUT2D eigenvalue weighted by Crippen LogP contribution is 2.35. The third-order valence-corrected chi connectivity index (χ3v) is 3.29. The molecule has 1 aliphatic heterocycles. The second-order valence-electron chi connectivity index (χ2n) is 4.53. The molecule has 1 saturated heterocycles. The topological polar surface area (TPSA) is 54.5 Å². The van der Waals surface area contributed by atoms with Gasteiger partial charge in [-0.2, -0.15) is 0 Å². The average molecular weight is 209 g/mol. The van der Waals surface area contributed by atoms with Crippen LogP contribution in [0, 0.1) is 11.8 Å². The first-order valence-corrected chi connectivity index (χ1v) is 5.44. The van der Waals surface area contributed by atoms with E-state index in [4.69, 9.17) is 0 Å². The molecule has 0 aromatic rings. The first-order chi connectivity index (χ1) is 7.09. The van der Waals surface area contributed by atoms with Crippen molar-refractivity contribution < 1.29 is 14.4 Å². The zero-order chi connectivity index (χ0) is 11.0.